The summed E-state index contributed by atoms with van der Waals surface area (Å²) in [5, 5.41) is 10.0. The van der Waals surface area contributed by atoms with Crippen LogP contribution in [-0.4, -0.2) is 59.3 Å². The first kappa shape index (κ1) is 15.9. The molecule has 21 heavy (non-hydrogen) atoms. The Bertz CT molecular complexity index is 479. The smallest absolute Gasteiger partial charge is 0.145 e. The molecule has 1 aliphatic rings. The fourth-order valence-electron chi connectivity index (χ4n) is 2.70. The molecule has 0 amide bonds. The number of likely N-dealkylation sites (N-methyl/N-ethyl adjacent to an activating group) is 1. The number of nitrogen functional groups attached to an aromatic ring is 1. The second kappa shape index (κ2) is 6.55. The van der Waals surface area contributed by atoms with E-state index in [1.807, 2.05) is 20.2 Å². The Hall–Kier alpha value is -1.44. The van der Waals surface area contributed by atoms with Crippen molar-refractivity contribution in [2.24, 2.45) is 5.84 Å². The van der Waals surface area contributed by atoms with Gasteiger partial charge in [-0.3, -0.25) is 0 Å². The lowest BCUT2D eigenvalue weighted by Gasteiger charge is -2.28. The molecule has 2 rings (SSSR count). The van der Waals surface area contributed by atoms with Gasteiger partial charge in [0.25, 0.3) is 0 Å². The molecule has 1 fully saturated rings. The normalized spacial score (nSPS) is 22.4. The van der Waals surface area contributed by atoms with Crippen molar-refractivity contribution >= 4 is 11.6 Å². The number of hydrogen-bond acceptors (Lipinski definition) is 7. The Labute approximate surface area is 126 Å². The number of aromatic nitrogens is 2. The molecule has 0 radical (unpaired) electrons. The van der Waals surface area contributed by atoms with Crippen LogP contribution in [-0.2, 0) is 0 Å². The van der Waals surface area contributed by atoms with E-state index in [9.17, 15) is 5.11 Å². The fourth-order valence-corrected chi connectivity index (χ4v) is 2.70. The van der Waals surface area contributed by atoms with E-state index < -0.39 is 0 Å². The van der Waals surface area contributed by atoms with Gasteiger partial charge in [-0.1, -0.05) is 13.8 Å². The minimum atomic E-state index is -0.318. The molecule has 0 aliphatic carbocycles. The first-order valence-corrected chi connectivity index (χ1v) is 7.35. The zero-order valence-corrected chi connectivity index (χ0v) is 13.2. The zero-order chi connectivity index (χ0) is 15.6. The lowest BCUT2D eigenvalue weighted by atomic mass is 10.2. The monoisotopic (exact) mass is 294 g/mol. The van der Waals surface area contributed by atoms with E-state index >= 15 is 0 Å². The van der Waals surface area contributed by atoms with E-state index in [0.717, 1.165) is 24.6 Å². The second-order valence-electron chi connectivity index (χ2n) is 6.23. The van der Waals surface area contributed by atoms with E-state index in [-0.39, 0.29) is 18.1 Å². The van der Waals surface area contributed by atoms with Crippen molar-refractivity contribution in [3.8, 4) is 0 Å². The molecule has 0 bridgehead atoms. The molecule has 118 valence electrons. The van der Waals surface area contributed by atoms with Crippen LogP contribution in [0.4, 0.5) is 11.6 Å². The second-order valence-corrected chi connectivity index (χ2v) is 6.23. The van der Waals surface area contributed by atoms with Gasteiger partial charge >= 0.3 is 0 Å². The van der Waals surface area contributed by atoms with Crippen LogP contribution in [0, 0.1) is 0 Å². The SMILES string of the molecule is CC(C)c1nc(NN)cc(N2CC(O)CC2CN(C)C)n1. The van der Waals surface area contributed by atoms with Gasteiger partial charge in [-0.15, -0.1) is 0 Å². The molecular weight excluding hydrogens is 268 g/mol. The van der Waals surface area contributed by atoms with Crippen LogP contribution < -0.4 is 16.2 Å². The first-order valence-electron chi connectivity index (χ1n) is 7.35. The Morgan fingerprint density at radius 1 is 1.48 bits per heavy atom. The van der Waals surface area contributed by atoms with Gasteiger partial charge in [-0.25, -0.2) is 15.8 Å². The highest BCUT2D eigenvalue weighted by atomic mass is 16.3. The summed E-state index contributed by atoms with van der Waals surface area (Å²) >= 11 is 0. The number of nitrogens with zero attached hydrogens (tertiary/aromatic N) is 4. The standard InChI is InChI=1S/C14H26N6O/c1-9(2)14-16-12(18-15)6-13(17-14)20-8-11(21)5-10(20)7-19(3)4/h6,9-11,21H,5,7-8,15H2,1-4H3,(H,16,17,18). The highest BCUT2D eigenvalue weighted by molar-refractivity contribution is 5.51. The number of hydrazine groups is 1. The van der Waals surface area contributed by atoms with Gasteiger partial charge in [0.2, 0.25) is 0 Å². The molecule has 1 aromatic heterocycles. The molecule has 4 N–H and O–H groups in total. The third-order valence-corrected chi connectivity index (χ3v) is 3.66. The molecule has 0 aromatic carbocycles. The van der Waals surface area contributed by atoms with Crippen molar-refractivity contribution in [1.29, 1.82) is 0 Å². The van der Waals surface area contributed by atoms with Crippen LogP contribution in [0.15, 0.2) is 6.07 Å². The maximum absolute atomic E-state index is 10.0. The van der Waals surface area contributed by atoms with Gasteiger partial charge in [-0.2, -0.15) is 0 Å². The molecule has 0 spiro atoms. The van der Waals surface area contributed by atoms with Crippen LogP contribution in [0.1, 0.15) is 32.0 Å². The van der Waals surface area contributed by atoms with Crippen molar-refractivity contribution in [3.05, 3.63) is 11.9 Å². The van der Waals surface area contributed by atoms with Crippen molar-refractivity contribution < 1.29 is 5.11 Å². The molecule has 7 heteroatoms. The van der Waals surface area contributed by atoms with E-state index in [1.165, 1.54) is 0 Å². The zero-order valence-electron chi connectivity index (χ0n) is 13.2. The molecule has 2 atom stereocenters. The number of aliphatic hydroxyl groups excluding tert-OH is 1. The van der Waals surface area contributed by atoms with Crippen LogP contribution in [0.25, 0.3) is 0 Å². The molecule has 1 aromatic rings. The van der Waals surface area contributed by atoms with E-state index in [4.69, 9.17) is 5.84 Å². The van der Waals surface area contributed by atoms with Crippen molar-refractivity contribution in [2.75, 3.05) is 37.5 Å². The molecule has 1 saturated heterocycles. The number of hydrogen-bond donors (Lipinski definition) is 3. The Morgan fingerprint density at radius 3 is 2.76 bits per heavy atom. The number of nitrogens with one attached hydrogen (secondary N) is 1. The summed E-state index contributed by atoms with van der Waals surface area (Å²) in [5.74, 6) is 7.92. The van der Waals surface area contributed by atoms with Gasteiger partial charge < -0.3 is 20.3 Å². The summed E-state index contributed by atoms with van der Waals surface area (Å²) in [7, 11) is 4.07. The molecule has 2 heterocycles. The van der Waals surface area contributed by atoms with Crippen molar-refractivity contribution in [2.45, 2.75) is 38.3 Å². The van der Waals surface area contributed by atoms with Crippen LogP contribution in [0.2, 0.25) is 0 Å². The molecular formula is C14H26N6O. The maximum Gasteiger partial charge on any atom is 0.145 e. The Balaban J connectivity index is 2.32. The molecule has 0 saturated carbocycles. The summed E-state index contributed by atoms with van der Waals surface area (Å²) in [5.41, 5.74) is 2.60. The van der Waals surface area contributed by atoms with Gasteiger partial charge in [-0.05, 0) is 20.5 Å². The van der Waals surface area contributed by atoms with Gasteiger partial charge in [0.15, 0.2) is 0 Å². The molecule has 1 aliphatic heterocycles. The minimum Gasteiger partial charge on any atom is -0.391 e. The third-order valence-electron chi connectivity index (χ3n) is 3.66. The lowest BCUT2D eigenvalue weighted by Crippen LogP contribution is -2.38. The topological polar surface area (TPSA) is 90.5 Å². The van der Waals surface area contributed by atoms with Crippen LogP contribution in [0.5, 0.6) is 0 Å². The maximum atomic E-state index is 10.0. The summed E-state index contributed by atoms with van der Waals surface area (Å²) in [6, 6.07) is 2.09. The predicted octanol–water partition coefficient (Wildman–Crippen LogP) is 0.387. The van der Waals surface area contributed by atoms with Crippen molar-refractivity contribution in [3.63, 3.8) is 0 Å². The van der Waals surface area contributed by atoms with E-state index in [0.29, 0.717) is 12.4 Å². The average molecular weight is 294 g/mol. The summed E-state index contributed by atoms with van der Waals surface area (Å²) < 4.78 is 0. The average Bonchev–Trinajstić information content (AvgIpc) is 2.78. The van der Waals surface area contributed by atoms with Crippen LogP contribution >= 0.6 is 0 Å². The number of rotatable bonds is 5. The van der Waals surface area contributed by atoms with Gasteiger partial charge in [0, 0.05) is 31.1 Å². The Kier molecular flexibility index (Phi) is 4.97. The summed E-state index contributed by atoms with van der Waals surface area (Å²) in [6.07, 6.45) is 0.437. The van der Waals surface area contributed by atoms with E-state index in [1.54, 1.807) is 0 Å². The highest BCUT2D eigenvalue weighted by Gasteiger charge is 2.32. The summed E-state index contributed by atoms with van der Waals surface area (Å²) in [4.78, 5) is 13.3. The number of anilines is 2. The highest BCUT2D eigenvalue weighted by Crippen LogP contribution is 2.27. The van der Waals surface area contributed by atoms with Crippen LogP contribution in [0.3, 0.4) is 0 Å². The molecule has 7 nitrogen and oxygen atoms in total. The third kappa shape index (κ3) is 3.81. The van der Waals surface area contributed by atoms with Gasteiger partial charge in [0.1, 0.15) is 17.5 Å². The number of β-amino-alcohol motifs (C(OH)–C–C–N with tert-alkyl or cyclic N) is 1. The minimum absolute atomic E-state index is 0.219. The quantitative estimate of drug-likeness (QED) is 0.534. The van der Waals surface area contributed by atoms with Crippen molar-refractivity contribution in [1.82, 2.24) is 14.9 Å². The first-order chi connectivity index (χ1) is 9.90. The predicted molar refractivity (Wildman–Crippen MR) is 84.2 cm³/mol. The summed E-state index contributed by atoms with van der Waals surface area (Å²) in [6.45, 7) is 5.58. The lowest BCUT2D eigenvalue weighted by molar-refractivity contribution is 0.191. The Morgan fingerprint density at radius 2 is 2.19 bits per heavy atom. The number of aliphatic hydroxyl groups is 1. The van der Waals surface area contributed by atoms with Gasteiger partial charge in [0.05, 0.1) is 6.10 Å². The van der Waals surface area contributed by atoms with E-state index in [2.05, 4.69) is 39.0 Å². The fraction of sp³-hybridized carbons (Fsp3) is 0.714. The largest absolute Gasteiger partial charge is 0.391 e. The number of nitrogens with two attached hydrogens (primary N) is 1. The molecule has 2 unspecified atom stereocenters.